The van der Waals surface area contributed by atoms with E-state index >= 15 is 0 Å². The summed E-state index contributed by atoms with van der Waals surface area (Å²) in [6.07, 6.45) is 0. The first-order valence-electron chi connectivity index (χ1n) is 5.20. The van der Waals surface area contributed by atoms with E-state index in [0.29, 0.717) is 0 Å². The third-order valence-electron chi connectivity index (χ3n) is 1.35. The fourth-order valence-corrected chi connectivity index (χ4v) is 3.06. The average Bonchev–Trinajstić information content (AvgIpc) is 2.10. The Morgan fingerprint density at radius 2 is 1.18 bits per heavy atom. The van der Waals surface area contributed by atoms with Gasteiger partial charge < -0.3 is 9.79 Å². The molecule has 0 rings (SSSR count). The smallest absolute Gasteiger partial charge is 0.302 e. The quantitative estimate of drug-likeness (QED) is 0.662. The molecule has 0 aliphatic heterocycles. The van der Waals surface area contributed by atoms with Crippen LogP contribution in [-0.4, -0.2) is 23.0 Å². The highest BCUT2D eigenvalue weighted by Gasteiger charge is 2.35. The molecule has 2 atom stereocenters. The summed E-state index contributed by atoms with van der Waals surface area (Å²) in [5.41, 5.74) is 0. The summed E-state index contributed by atoms with van der Waals surface area (Å²) in [6, 6.07) is 0. The minimum atomic E-state index is -4.57. The monoisotopic (exact) mass is 290 g/mol. The summed E-state index contributed by atoms with van der Waals surface area (Å²) >= 11 is 0. The molecule has 0 aliphatic carbocycles. The van der Waals surface area contributed by atoms with E-state index in [4.69, 9.17) is 9.79 Å². The molecule has 0 fully saturated rings. The summed E-state index contributed by atoms with van der Waals surface area (Å²) in [6.45, 7) is 6.92. The molecule has 104 valence electrons. The van der Waals surface area contributed by atoms with Crippen LogP contribution in [0.5, 0.6) is 0 Å². The van der Waals surface area contributed by atoms with Crippen LogP contribution in [0.3, 0.4) is 0 Å². The Balaban J connectivity index is 4.28. The Morgan fingerprint density at radius 1 is 0.882 bits per heavy atom. The molecule has 0 aromatic carbocycles. The number of phosphoric ester groups is 2. The van der Waals surface area contributed by atoms with Gasteiger partial charge >= 0.3 is 15.6 Å². The Kier molecular flexibility index (Phi) is 7.11. The molecule has 0 saturated heterocycles. The normalized spacial score (nSPS) is 19.3. The third kappa shape index (κ3) is 9.92. The predicted octanol–water partition coefficient (Wildman–Crippen LogP) is 2.55. The van der Waals surface area contributed by atoms with Gasteiger partial charge in [-0.1, -0.05) is 27.7 Å². The summed E-state index contributed by atoms with van der Waals surface area (Å²) in [7, 11) is -9.13. The summed E-state index contributed by atoms with van der Waals surface area (Å²) in [4.78, 5) is 18.3. The lowest BCUT2D eigenvalue weighted by atomic mass is 10.2. The van der Waals surface area contributed by atoms with Crippen LogP contribution in [0.1, 0.15) is 27.7 Å². The number of hydrogen-bond donors (Lipinski definition) is 2. The van der Waals surface area contributed by atoms with E-state index in [1.54, 1.807) is 27.7 Å². The Hall–Kier alpha value is 0.260. The minimum Gasteiger partial charge on any atom is -0.302 e. The van der Waals surface area contributed by atoms with E-state index in [2.05, 4.69) is 13.4 Å². The molecule has 0 spiro atoms. The van der Waals surface area contributed by atoms with Crippen molar-refractivity contribution in [1.82, 2.24) is 0 Å². The van der Waals surface area contributed by atoms with Crippen molar-refractivity contribution in [3.8, 4) is 0 Å². The molecule has 0 aromatic rings. The van der Waals surface area contributed by atoms with Crippen molar-refractivity contribution >= 4 is 15.6 Å². The van der Waals surface area contributed by atoms with Crippen molar-refractivity contribution in [2.24, 2.45) is 11.8 Å². The second-order valence-electron chi connectivity index (χ2n) is 4.40. The lowest BCUT2D eigenvalue weighted by Crippen LogP contribution is -2.05. The third-order valence-corrected chi connectivity index (χ3v) is 3.95. The Labute approximate surface area is 101 Å². The molecule has 0 bridgehead atoms. The zero-order valence-corrected chi connectivity index (χ0v) is 12.2. The Morgan fingerprint density at radius 3 is 1.41 bits per heavy atom. The summed E-state index contributed by atoms with van der Waals surface area (Å²) < 4.78 is 35.7. The van der Waals surface area contributed by atoms with E-state index in [1.807, 2.05) is 0 Å². The maximum absolute atomic E-state index is 11.3. The van der Waals surface area contributed by atoms with Crippen LogP contribution in [0.4, 0.5) is 0 Å². The second-order valence-corrected chi connectivity index (χ2v) is 7.44. The van der Waals surface area contributed by atoms with Gasteiger partial charge in [0.1, 0.15) is 0 Å². The van der Waals surface area contributed by atoms with E-state index in [-0.39, 0.29) is 25.0 Å². The van der Waals surface area contributed by atoms with Gasteiger partial charge in [-0.3, -0.25) is 9.05 Å². The SMILES string of the molecule is CC(C)COP(=O)(O)OP(=O)(O)OCC(C)C. The summed E-state index contributed by atoms with van der Waals surface area (Å²) in [5, 5.41) is 0. The highest BCUT2D eigenvalue weighted by atomic mass is 31.3. The zero-order valence-electron chi connectivity index (χ0n) is 10.4. The molecule has 17 heavy (non-hydrogen) atoms. The molecule has 2 N–H and O–H groups in total. The topological polar surface area (TPSA) is 102 Å². The van der Waals surface area contributed by atoms with Gasteiger partial charge in [-0.05, 0) is 11.8 Å². The zero-order chi connectivity index (χ0) is 13.7. The largest absolute Gasteiger partial charge is 0.481 e. The van der Waals surface area contributed by atoms with Crippen molar-refractivity contribution in [2.45, 2.75) is 27.7 Å². The van der Waals surface area contributed by atoms with Crippen molar-refractivity contribution in [3.05, 3.63) is 0 Å². The molecular weight excluding hydrogens is 270 g/mol. The van der Waals surface area contributed by atoms with Gasteiger partial charge in [0.2, 0.25) is 0 Å². The van der Waals surface area contributed by atoms with Crippen LogP contribution in [0.15, 0.2) is 0 Å². The number of hydrogen-bond acceptors (Lipinski definition) is 5. The molecule has 0 saturated carbocycles. The van der Waals surface area contributed by atoms with Gasteiger partial charge in [0, 0.05) is 0 Å². The van der Waals surface area contributed by atoms with Crippen LogP contribution in [0.2, 0.25) is 0 Å². The van der Waals surface area contributed by atoms with E-state index in [1.165, 1.54) is 0 Å². The van der Waals surface area contributed by atoms with Crippen LogP contribution >= 0.6 is 15.6 Å². The maximum atomic E-state index is 11.3. The molecule has 9 heteroatoms. The standard InChI is InChI=1S/C8H20O7P2/c1-7(2)5-13-16(9,10)15-17(11,12)14-6-8(3)4/h7-8H,5-6H2,1-4H3,(H,9,10)(H,11,12). The highest BCUT2D eigenvalue weighted by Crippen LogP contribution is 2.60. The first-order valence-corrected chi connectivity index (χ1v) is 8.19. The second kappa shape index (κ2) is 7.00. The van der Waals surface area contributed by atoms with Gasteiger partial charge in [-0.25, -0.2) is 9.13 Å². The van der Waals surface area contributed by atoms with Gasteiger partial charge in [0.15, 0.2) is 0 Å². The van der Waals surface area contributed by atoms with Crippen molar-refractivity contribution in [2.75, 3.05) is 13.2 Å². The predicted molar refractivity (Wildman–Crippen MR) is 62.3 cm³/mol. The molecule has 0 amide bonds. The molecule has 0 heterocycles. The average molecular weight is 290 g/mol. The van der Waals surface area contributed by atoms with E-state index in [0.717, 1.165) is 0 Å². The van der Waals surface area contributed by atoms with Crippen molar-refractivity contribution < 1.29 is 32.3 Å². The number of rotatable bonds is 8. The van der Waals surface area contributed by atoms with E-state index < -0.39 is 15.6 Å². The van der Waals surface area contributed by atoms with E-state index in [9.17, 15) is 9.13 Å². The molecule has 2 unspecified atom stereocenters. The molecule has 7 nitrogen and oxygen atoms in total. The molecular formula is C8H20O7P2. The first-order chi connectivity index (χ1) is 7.54. The first kappa shape index (κ1) is 17.3. The van der Waals surface area contributed by atoms with Crippen LogP contribution in [-0.2, 0) is 22.5 Å². The van der Waals surface area contributed by atoms with Gasteiger partial charge in [0.05, 0.1) is 13.2 Å². The van der Waals surface area contributed by atoms with Crippen LogP contribution in [0, 0.1) is 11.8 Å². The Bertz CT molecular complexity index is 285. The lowest BCUT2D eigenvalue weighted by Gasteiger charge is -2.17. The van der Waals surface area contributed by atoms with Crippen molar-refractivity contribution in [3.63, 3.8) is 0 Å². The van der Waals surface area contributed by atoms with Crippen molar-refractivity contribution in [1.29, 1.82) is 0 Å². The molecule has 0 aliphatic rings. The number of phosphoric acid groups is 2. The van der Waals surface area contributed by atoms with Gasteiger partial charge in [-0.15, -0.1) is 0 Å². The minimum absolute atomic E-state index is 0.00580. The van der Waals surface area contributed by atoms with Gasteiger partial charge in [-0.2, -0.15) is 4.31 Å². The fraction of sp³-hybridized carbons (Fsp3) is 1.00. The fourth-order valence-electron chi connectivity index (χ4n) is 0.664. The summed E-state index contributed by atoms with van der Waals surface area (Å²) in [5.74, 6) is -0.0116. The maximum Gasteiger partial charge on any atom is 0.481 e. The molecule has 0 aromatic heterocycles. The van der Waals surface area contributed by atoms with Gasteiger partial charge in [0.25, 0.3) is 0 Å². The molecule has 0 radical (unpaired) electrons. The highest BCUT2D eigenvalue weighted by molar-refractivity contribution is 7.61. The lowest BCUT2D eigenvalue weighted by molar-refractivity contribution is 0.138. The van der Waals surface area contributed by atoms with Crippen LogP contribution in [0.25, 0.3) is 0 Å². The van der Waals surface area contributed by atoms with Crippen LogP contribution < -0.4 is 0 Å².